The minimum atomic E-state index is -2.27. The molecule has 0 aromatic carbocycles. The molecule has 0 spiro atoms. The minimum absolute atomic E-state index is 0.0875. The molecule has 0 unspecified atom stereocenters. The summed E-state index contributed by atoms with van der Waals surface area (Å²) in [5.41, 5.74) is 9.24. The van der Waals surface area contributed by atoms with Gasteiger partial charge in [0.25, 0.3) is 8.32 Å². The Morgan fingerprint density at radius 3 is 1.70 bits per heavy atom. The van der Waals surface area contributed by atoms with E-state index in [4.69, 9.17) is 9.16 Å². The van der Waals surface area contributed by atoms with Crippen LogP contribution >= 0.6 is 0 Å². The van der Waals surface area contributed by atoms with E-state index in [-0.39, 0.29) is 11.5 Å². The molecule has 6 heteroatoms. The van der Waals surface area contributed by atoms with Crippen LogP contribution in [0.15, 0.2) is 12.3 Å². The monoisotopic (exact) mass is 340 g/mol. The standard InChI is InChI=1S/C17H32N2O3Si/c1-11(2)23(12(3)4,13(5)6)22-14(7)15(19-18)16(20)21-17(8,9)10/h11-13H,7H2,1-6,8-10H3. The molecule has 0 radical (unpaired) electrons. The van der Waals surface area contributed by atoms with Gasteiger partial charge in [-0.05, 0) is 44.0 Å². The van der Waals surface area contributed by atoms with Crippen molar-refractivity contribution in [3.63, 3.8) is 0 Å². The van der Waals surface area contributed by atoms with Crippen LogP contribution < -0.4 is 0 Å². The molecule has 5 nitrogen and oxygen atoms in total. The van der Waals surface area contributed by atoms with Crippen LogP contribution in [0.3, 0.4) is 0 Å². The fourth-order valence-electron chi connectivity index (χ4n) is 3.15. The van der Waals surface area contributed by atoms with Gasteiger partial charge in [-0.25, -0.2) is 4.79 Å². The number of hydrogen-bond acceptors (Lipinski definition) is 3. The third-order valence-electron chi connectivity index (χ3n) is 3.96. The van der Waals surface area contributed by atoms with Crippen LogP contribution in [0.1, 0.15) is 62.3 Å². The first-order chi connectivity index (χ1) is 10.3. The van der Waals surface area contributed by atoms with Crippen molar-refractivity contribution >= 4 is 20.0 Å². The van der Waals surface area contributed by atoms with Crippen molar-refractivity contribution in [1.82, 2.24) is 0 Å². The summed E-state index contributed by atoms with van der Waals surface area (Å²) in [6.45, 7) is 21.8. The van der Waals surface area contributed by atoms with Crippen LogP contribution in [0.5, 0.6) is 0 Å². The summed E-state index contributed by atoms with van der Waals surface area (Å²) in [6, 6.07) is 0. The van der Waals surface area contributed by atoms with Crippen molar-refractivity contribution in [3.8, 4) is 0 Å². The molecule has 0 atom stereocenters. The maximum absolute atomic E-state index is 12.2. The third kappa shape index (κ3) is 5.32. The molecule has 0 aromatic rings. The molecule has 0 saturated heterocycles. The second-order valence-electron chi connectivity index (χ2n) is 7.79. The molecule has 0 aliphatic rings. The highest BCUT2D eigenvalue weighted by molar-refractivity contribution is 6.78. The normalized spacial score (nSPS) is 12.3. The number of carbonyl (C=O) groups excluding carboxylic acids is 1. The van der Waals surface area contributed by atoms with Gasteiger partial charge in [0, 0.05) is 0 Å². The summed E-state index contributed by atoms with van der Waals surface area (Å²) in [4.78, 5) is 15.3. The SMILES string of the molecule is C=C(O[Si](C(C)C)(C(C)C)C(C)C)C(=[N+]=[N-])C(=O)OC(C)(C)C. The lowest BCUT2D eigenvalue weighted by molar-refractivity contribution is -0.150. The maximum Gasteiger partial charge on any atom is 0.438 e. The van der Waals surface area contributed by atoms with Gasteiger partial charge >= 0.3 is 11.7 Å². The van der Waals surface area contributed by atoms with Crippen molar-refractivity contribution in [1.29, 1.82) is 0 Å². The number of nitrogens with zero attached hydrogens (tertiary/aromatic N) is 2. The zero-order valence-electron chi connectivity index (χ0n) is 16.1. The summed E-state index contributed by atoms with van der Waals surface area (Å²) < 4.78 is 11.5. The van der Waals surface area contributed by atoms with Gasteiger partial charge in [-0.3, -0.25) is 0 Å². The van der Waals surface area contributed by atoms with E-state index < -0.39 is 19.9 Å². The molecule has 0 N–H and O–H groups in total. The highest BCUT2D eigenvalue weighted by atomic mass is 28.4. The van der Waals surface area contributed by atoms with Crippen molar-refractivity contribution in [2.75, 3.05) is 0 Å². The van der Waals surface area contributed by atoms with E-state index in [0.717, 1.165) is 0 Å². The fourth-order valence-corrected chi connectivity index (χ4v) is 8.38. The Bertz CT molecular complexity index is 477. The van der Waals surface area contributed by atoms with E-state index in [1.54, 1.807) is 20.8 Å². The lowest BCUT2D eigenvalue weighted by atomic mass is 10.2. The molecule has 0 saturated carbocycles. The Labute approximate surface area is 141 Å². The maximum atomic E-state index is 12.2. The molecular weight excluding hydrogens is 308 g/mol. The summed E-state index contributed by atoms with van der Waals surface area (Å²) in [5, 5.41) is 0. The van der Waals surface area contributed by atoms with Crippen molar-refractivity contribution in [2.45, 2.75) is 84.5 Å². The molecule has 0 bridgehead atoms. The Morgan fingerprint density at radius 2 is 1.43 bits per heavy atom. The van der Waals surface area contributed by atoms with Crippen LogP contribution in [-0.2, 0) is 14.0 Å². The van der Waals surface area contributed by atoms with Crippen LogP contribution in [0.25, 0.3) is 5.53 Å². The first kappa shape index (κ1) is 21.6. The predicted molar refractivity (Wildman–Crippen MR) is 95.7 cm³/mol. The highest BCUT2D eigenvalue weighted by Crippen LogP contribution is 2.43. The Morgan fingerprint density at radius 1 is 1.04 bits per heavy atom. The Hall–Kier alpha value is -1.39. The van der Waals surface area contributed by atoms with E-state index in [2.05, 4.69) is 52.9 Å². The second kappa shape index (κ2) is 7.93. The molecular formula is C17H32N2O3Si. The van der Waals surface area contributed by atoms with Crippen molar-refractivity contribution in [3.05, 3.63) is 17.9 Å². The van der Waals surface area contributed by atoms with E-state index in [9.17, 15) is 10.3 Å². The first-order valence-electron chi connectivity index (χ1n) is 8.13. The molecule has 0 aromatic heterocycles. The highest BCUT2D eigenvalue weighted by Gasteiger charge is 2.49. The van der Waals surface area contributed by atoms with Gasteiger partial charge in [-0.15, -0.1) is 0 Å². The quantitative estimate of drug-likeness (QED) is 0.168. The van der Waals surface area contributed by atoms with Crippen molar-refractivity contribution in [2.24, 2.45) is 0 Å². The fraction of sp³-hybridized carbons (Fsp3) is 0.765. The van der Waals surface area contributed by atoms with Crippen molar-refractivity contribution < 1.29 is 18.7 Å². The Balaban J connectivity index is 5.57. The van der Waals surface area contributed by atoms with Gasteiger partial charge in [0.15, 0.2) is 5.76 Å². The van der Waals surface area contributed by atoms with Crippen LogP contribution in [0, 0.1) is 0 Å². The second-order valence-corrected chi connectivity index (χ2v) is 13.2. The predicted octanol–water partition coefficient (Wildman–Crippen LogP) is 4.70. The summed E-state index contributed by atoms with van der Waals surface area (Å²) in [5.74, 6) is -0.645. The largest absolute Gasteiger partial charge is 0.538 e. The zero-order chi connectivity index (χ0) is 18.6. The molecule has 0 fully saturated rings. The molecule has 0 aliphatic carbocycles. The number of hydrogen-bond donors (Lipinski definition) is 0. The zero-order valence-corrected chi connectivity index (χ0v) is 17.1. The van der Waals surface area contributed by atoms with Crippen LogP contribution in [0.4, 0.5) is 0 Å². The van der Waals surface area contributed by atoms with Gasteiger partial charge in [0.05, 0.1) is 0 Å². The van der Waals surface area contributed by atoms with Crippen LogP contribution in [-0.4, -0.2) is 30.4 Å². The lowest BCUT2D eigenvalue weighted by Gasteiger charge is -2.41. The van der Waals surface area contributed by atoms with Gasteiger partial charge < -0.3 is 14.7 Å². The van der Waals surface area contributed by atoms with Gasteiger partial charge in [-0.2, -0.15) is 4.79 Å². The number of ether oxygens (including phenoxy) is 1. The van der Waals surface area contributed by atoms with Crippen LogP contribution in [0.2, 0.25) is 16.6 Å². The summed E-state index contributed by atoms with van der Waals surface area (Å²) in [7, 11) is -2.27. The molecule has 0 aliphatic heterocycles. The minimum Gasteiger partial charge on any atom is -0.538 e. The van der Waals surface area contributed by atoms with E-state index >= 15 is 0 Å². The molecule has 0 amide bonds. The van der Waals surface area contributed by atoms with E-state index in [1.165, 1.54) is 0 Å². The molecule has 23 heavy (non-hydrogen) atoms. The van der Waals surface area contributed by atoms with E-state index in [0.29, 0.717) is 16.6 Å². The molecule has 0 rings (SSSR count). The van der Waals surface area contributed by atoms with E-state index in [1.807, 2.05) is 0 Å². The van der Waals surface area contributed by atoms with Gasteiger partial charge in [0.1, 0.15) is 5.60 Å². The average molecular weight is 341 g/mol. The third-order valence-corrected chi connectivity index (χ3v) is 9.98. The summed E-state index contributed by atoms with van der Waals surface area (Å²) in [6.07, 6.45) is 0. The number of esters is 1. The number of carbonyl (C=O) groups is 1. The van der Waals surface area contributed by atoms with Gasteiger partial charge in [0.2, 0.25) is 0 Å². The lowest BCUT2D eigenvalue weighted by Crippen LogP contribution is -2.48. The average Bonchev–Trinajstić information content (AvgIpc) is 2.32. The smallest absolute Gasteiger partial charge is 0.438 e. The summed E-state index contributed by atoms with van der Waals surface area (Å²) >= 11 is 0. The first-order valence-corrected chi connectivity index (χ1v) is 10.3. The topological polar surface area (TPSA) is 71.9 Å². The van der Waals surface area contributed by atoms with Gasteiger partial charge in [-0.1, -0.05) is 41.5 Å². The molecule has 132 valence electrons. The molecule has 0 heterocycles. The number of rotatable bonds is 7. The Kier molecular flexibility index (Phi) is 7.45.